The van der Waals surface area contributed by atoms with Gasteiger partial charge in [0.2, 0.25) is 5.91 Å². The minimum absolute atomic E-state index is 0.0234. The van der Waals surface area contributed by atoms with Crippen molar-refractivity contribution in [3.8, 4) is 0 Å². The van der Waals surface area contributed by atoms with Gasteiger partial charge in [-0.3, -0.25) is 9.59 Å². The average Bonchev–Trinajstić information content (AvgIpc) is 3.30. The number of H-pyrrole nitrogens is 1. The molecule has 0 radical (unpaired) electrons. The summed E-state index contributed by atoms with van der Waals surface area (Å²) in [6.45, 7) is 0.955. The number of aromatic nitrogens is 2. The topological polar surface area (TPSA) is 78.1 Å². The van der Waals surface area contributed by atoms with Crippen LogP contribution in [0.1, 0.15) is 48.4 Å². The van der Waals surface area contributed by atoms with Crippen LogP contribution in [0.5, 0.6) is 0 Å². The first-order valence-electron chi connectivity index (χ1n) is 10.5. The Labute approximate surface area is 185 Å². The molecular formula is C22H21F3N4O2S. The van der Waals surface area contributed by atoms with Crippen molar-refractivity contribution < 1.29 is 18.0 Å². The normalized spacial score (nSPS) is 19.0. The van der Waals surface area contributed by atoms with Gasteiger partial charge in [0.05, 0.1) is 4.70 Å². The second-order valence-electron chi connectivity index (χ2n) is 8.24. The molecule has 1 aliphatic carbocycles. The Kier molecular flexibility index (Phi) is 5.19. The number of rotatable bonds is 5. The van der Waals surface area contributed by atoms with Gasteiger partial charge in [0.15, 0.2) is 5.13 Å². The molecule has 2 aromatic heterocycles. The first-order valence-corrected chi connectivity index (χ1v) is 11.4. The molecule has 0 bridgehead atoms. The molecule has 1 aliphatic heterocycles. The van der Waals surface area contributed by atoms with E-state index in [1.165, 1.54) is 0 Å². The summed E-state index contributed by atoms with van der Waals surface area (Å²) in [7, 11) is 0. The van der Waals surface area contributed by atoms with E-state index in [9.17, 15) is 22.8 Å². The predicted molar refractivity (Wildman–Crippen MR) is 116 cm³/mol. The molecular weight excluding hydrogens is 441 g/mol. The van der Waals surface area contributed by atoms with Crippen molar-refractivity contribution in [2.24, 2.45) is 0 Å². The van der Waals surface area contributed by atoms with Crippen molar-refractivity contribution in [2.45, 2.75) is 50.4 Å². The van der Waals surface area contributed by atoms with Gasteiger partial charge in [-0.05, 0) is 37.2 Å². The van der Waals surface area contributed by atoms with E-state index in [0.29, 0.717) is 37.5 Å². The van der Waals surface area contributed by atoms with Crippen molar-refractivity contribution >= 4 is 32.6 Å². The summed E-state index contributed by atoms with van der Waals surface area (Å²) in [6.07, 6.45) is -1.94. The quantitative estimate of drug-likeness (QED) is 0.597. The number of nitrogens with zero attached hydrogens (tertiary/aromatic N) is 2. The van der Waals surface area contributed by atoms with E-state index < -0.39 is 23.5 Å². The van der Waals surface area contributed by atoms with Gasteiger partial charge in [-0.1, -0.05) is 41.7 Å². The van der Waals surface area contributed by atoms with E-state index in [-0.39, 0.29) is 27.6 Å². The van der Waals surface area contributed by atoms with E-state index in [1.54, 1.807) is 0 Å². The van der Waals surface area contributed by atoms with Crippen molar-refractivity contribution in [1.82, 2.24) is 15.3 Å². The Morgan fingerprint density at radius 1 is 1.22 bits per heavy atom. The third-order valence-corrected chi connectivity index (χ3v) is 7.09. The van der Waals surface area contributed by atoms with Crippen LogP contribution in [0.3, 0.4) is 0 Å². The van der Waals surface area contributed by atoms with Crippen LogP contribution in [-0.2, 0) is 17.5 Å². The summed E-state index contributed by atoms with van der Waals surface area (Å²) in [5.74, 6) is -0.374. The van der Waals surface area contributed by atoms with Crippen LogP contribution in [0.15, 0.2) is 35.1 Å². The van der Waals surface area contributed by atoms with Crippen molar-refractivity contribution in [2.75, 3.05) is 11.4 Å². The minimum atomic E-state index is -4.64. The highest BCUT2D eigenvalue weighted by molar-refractivity contribution is 7.22. The molecule has 3 heterocycles. The molecule has 2 fully saturated rings. The highest BCUT2D eigenvalue weighted by Gasteiger charge is 2.42. The van der Waals surface area contributed by atoms with Crippen LogP contribution in [0, 0.1) is 0 Å². The molecule has 10 heteroatoms. The fourth-order valence-electron chi connectivity index (χ4n) is 4.28. The SMILES string of the molecule is O=C(NCc1ccccc1)C1CCCN1c1nc2c(=O)[nH]c(C(F)(F)F)c(C3CC3)c2s1. The fraction of sp³-hybridized carbons (Fsp3) is 0.409. The van der Waals surface area contributed by atoms with Crippen LogP contribution < -0.4 is 15.8 Å². The summed E-state index contributed by atoms with van der Waals surface area (Å²) < 4.78 is 41.1. The number of pyridine rings is 1. The monoisotopic (exact) mass is 462 g/mol. The molecule has 1 saturated carbocycles. The van der Waals surface area contributed by atoms with Gasteiger partial charge in [0.1, 0.15) is 17.3 Å². The molecule has 0 spiro atoms. The number of nitrogens with one attached hydrogen (secondary N) is 2. The number of carbonyl (C=O) groups excluding carboxylic acids is 1. The molecule has 5 rings (SSSR count). The molecule has 1 aromatic carbocycles. The molecule has 6 nitrogen and oxygen atoms in total. The number of anilines is 1. The Bertz CT molecular complexity index is 1220. The van der Waals surface area contributed by atoms with E-state index in [2.05, 4.69) is 10.3 Å². The lowest BCUT2D eigenvalue weighted by atomic mass is 10.1. The van der Waals surface area contributed by atoms with Crippen molar-refractivity contribution in [3.63, 3.8) is 0 Å². The van der Waals surface area contributed by atoms with Gasteiger partial charge in [-0.25, -0.2) is 4.98 Å². The third kappa shape index (κ3) is 3.87. The maximum absolute atomic E-state index is 13.6. The number of halogens is 3. The number of hydrogen-bond acceptors (Lipinski definition) is 5. The first kappa shape index (κ1) is 21.0. The number of aromatic amines is 1. The predicted octanol–water partition coefficient (Wildman–Crippen LogP) is 4.17. The van der Waals surface area contributed by atoms with Gasteiger partial charge in [0, 0.05) is 18.7 Å². The summed E-state index contributed by atoms with van der Waals surface area (Å²) in [6, 6.07) is 9.07. The lowest BCUT2D eigenvalue weighted by molar-refractivity contribution is -0.141. The van der Waals surface area contributed by atoms with E-state index in [0.717, 1.165) is 23.3 Å². The van der Waals surface area contributed by atoms with E-state index in [1.807, 2.05) is 40.2 Å². The van der Waals surface area contributed by atoms with Crippen LogP contribution >= 0.6 is 11.3 Å². The van der Waals surface area contributed by atoms with E-state index in [4.69, 9.17) is 0 Å². The minimum Gasteiger partial charge on any atom is -0.350 e. The van der Waals surface area contributed by atoms with Crippen LogP contribution in [0.25, 0.3) is 10.2 Å². The molecule has 1 saturated heterocycles. The van der Waals surface area contributed by atoms with Gasteiger partial charge >= 0.3 is 6.18 Å². The Morgan fingerprint density at radius 2 is 1.97 bits per heavy atom. The number of hydrogen-bond donors (Lipinski definition) is 2. The smallest absolute Gasteiger partial charge is 0.350 e. The zero-order chi connectivity index (χ0) is 22.5. The third-order valence-electron chi connectivity index (χ3n) is 5.96. The molecule has 1 atom stereocenters. The van der Waals surface area contributed by atoms with Crippen molar-refractivity contribution in [3.05, 3.63) is 57.5 Å². The highest BCUT2D eigenvalue weighted by Crippen LogP contribution is 2.49. The summed E-state index contributed by atoms with van der Waals surface area (Å²) >= 11 is 1.08. The van der Waals surface area contributed by atoms with Gasteiger partial charge < -0.3 is 15.2 Å². The van der Waals surface area contributed by atoms with Gasteiger partial charge in [-0.2, -0.15) is 13.2 Å². The first-order chi connectivity index (χ1) is 15.3. The fourth-order valence-corrected chi connectivity index (χ4v) is 5.55. The largest absolute Gasteiger partial charge is 0.431 e. The average molecular weight is 462 g/mol. The second-order valence-corrected chi connectivity index (χ2v) is 9.22. The number of benzene rings is 1. The lowest BCUT2D eigenvalue weighted by Crippen LogP contribution is -2.43. The second kappa shape index (κ2) is 7.91. The zero-order valence-electron chi connectivity index (χ0n) is 17.0. The molecule has 3 aromatic rings. The molecule has 168 valence electrons. The number of alkyl halides is 3. The zero-order valence-corrected chi connectivity index (χ0v) is 17.9. The van der Waals surface area contributed by atoms with Gasteiger partial charge in [0.25, 0.3) is 5.56 Å². The Balaban J connectivity index is 1.46. The summed E-state index contributed by atoms with van der Waals surface area (Å²) in [4.78, 5) is 33.5. The Hall–Kier alpha value is -2.88. The standard InChI is InChI=1S/C22H21F3N4O2S/c23-22(24,25)18-15(13-8-9-13)17-16(20(31)28-18)27-21(32-17)29-10-4-7-14(29)19(30)26-11-12-5-2-1-3-6-12/h1-3,5-6,13-14H,4,7-11H2,(H,26,30)(H,28,31). The maximum atomic E-state index is 13.6. The molecule has 32 heavy (non-hydrogen) atoms. The highest BCUT2D eigenvalue weighted by atomic mass is 32.1. The van der Waals surface area contributed by atoms with E-state index >= 15 is 0 Å². The number of carbonyl (C=O) groups is 1. The number of fused-ring (bicyclic) bond motifs is 1. The number of amides is 1. The molecule has 1 unspecified atom stereocenters. The maximum Gasteiger partial charge on any atom is 0.431 e. The lowest BCUT2D eigenvalue weighted by Gasteiger charge is -2.23. The number of thiazole rings is 1. The summed E-state index contributed by atoms with van der Waals surface area (Å²) in [5, 5.41) is 3.35. The van der Waals surface area contributed by atoms with Crippen molar-refractivity contribution in [1.29, 1.82) is 0 Å². The molecule has 1 amide bonds. The molecule has 2 aliphatic rings. The Morgan fingerprint density at radius 3 is 2.66 bits per heavy atom. The van der Waals surface area contributed by atoms with Crippen LogP contribution in [-0.4, -0.2) is 28.5 Å². The van der Waals surface area contributed by atoms with Gasteiger partial charge in [-0.15, -0.1) is 0 Å². The molecule has 2 N–H and O–H groups in total. The van der Waals surface area contributed by atoms with Crippen LogP contribution in [0.4, 0.5) is 18.3 Å². The van der Waals surface area contributed by atoms with Crippen LogP contribution in [0.2, 0.25) is 0 Å². The summed E-state index contributed by atoms with van der Waals surface area (Å²) in [5.41, 5.74) is -0.671.